The first-order valence-corrected chi connectivity index (χ1v) is 12.5. The van der Waals surface area contributed by atoms with Gasteiger partial charge in [0.05, 0.1) is 11.1 Å². The summed E-state index contributed by atoms with van der Waals surface area (Å²) >= 11 is 0. The van der Waals surface area contributed by atoms with Crippen molar-refractivity contribution >= 4 is 19.7 Å². The number of halogens is 6. The summed E-state index contributed by atoms with van der Waals surface area (Å²) in [6.07, 6.45) is 12.5. The molecule has 0 radical (unpaired) electrons. The summed E-state index contributed by atoms with van der Waals surface area (Å²) in [6, 6.07) is 10.3. The van der Waals surface area contributed by atoms with E-state index in [2.05, 4.69) is 42.1 Å². The van der Waals surface area contributed by atoms with Gasteiger partial charge >= 0.3 is 44.9 Å². The number of carboxylic acids is 2. The van der Waals surface area contributed by atoms with Crippen LogP contribution < -0.4 is 4.57 Å². The SMILES string of the molecule is CCCCCCCC[n+]1ccccc1.Cc1ccc(C(=O)O)cc1C(=O)O.F[P-](F)(F)(F)(F)F. The molecule has 2 N–H and O–H groups in total. The summed E-state index contributed by atoms with van der Waals surface area (Å²) in [7, 11) is -10.7. The van der Waals surface area contributed by atoms with Gasteiger partial charge in [-0.1, -0.05) is 44.7 Å². The molecule has 1 aromatic carbocycles. The molecule has 12 heteroatoms. The Hall–Kier alpha value is -2.68. The van der Waals surface area contributed by atoms with Crippen molar-refractivity contribution in [3.63, 3.8) is 0 Å². The predicted octanol–water partition coefficient (Wildman–Crippen LogP) is 8.11. The van der Waals surface area contributed by atoms with Gasteiger partial charge in [-0.3, -0.25) is 0 Å². The molecule has 0 bridgehead atoms. The van der Waals surface area contributed by atoms with Gasteiger partial charge in [-0.2, -0.15) is 0 Å². The number of aromatic nitrogens is 1. The van der Waals surface area contributed by atoms with E-state index < -0.39 is 19.7 Å². The molecule has 0 aliphatic rings. The number of benzene rings is 1. The van der Waals surface area contributed by atoms with E-state index in [4.69, 9.17) is 10.2 Å². The fourth-order valence-corrected chi connectivity index (χ4v) is 2.64. The number of nitrogens with zero attached hydrogens (tertiary/aromatic N) is 1. The summed E-state index contributed by atoms with van der Waals surface area (Å²) in [5.74, 6) is -2.23. The van der Waals surface area contributed by atoms with Crippen LogP contribution in [-0.4, -0.2) is 22.2 Å². The van der Waals surface area contributed by atoms with E-state index in [-0.39, 0.29) is 11.1 Å². The Labute approximate surface area is 194 Å². The molecule has 194 valence electrons. The van der Waals surface area contributed by atoms with Gasteiger partial charge in [0.1, 0.15) is 6.54 Å². The van der Waals surface area contributed by atoms with Crippen molar-refractivity contribution in [3.8, 4) is 0 Å². The third-order valence-corrected chi connectivity index (χ3v) is 4.26. The standard InChI is InChI=1S/C13H22N.C9H8O4.F6P/c1-2-3-4-5-6-8-11-14-12-9-7-10-13-14;1-5-2-3-6(8(10)11)4-7(5)9(12)13;1-7(2,3,4,5)6/h7,9-10,12-13H,2-6,8,11H2,1H3;2-4H,1H3,(H,10,11)(H,12,13);/q+1;;-1. The van der Waals surface area contributed by atoms with Crippen LogP contribution in [-0.2, 0) is 6.54 Å². The van der Waals surface area contributed by atoms with Crippen molar-refractivity contribution in [3.05, 3.63) is 65.5 Å². The molecule has 5 nitrogen and oxygen atoms in total. The summed E-state index contributed by atoms with van der Waals surface area (Å²) in [5.41, 5.74) is 0.570. The molecule has 34 heavy (non-hydrogen) atoms. The van der Waals surface area contributed by atoms with Crippen LogP contribution >= 0.6 is 7.81 Å². The second-order valence-corrected chi connectivity index (χ2v) is 9.40. The van der Waals surface area contributed by atoms with E-state index >= 15 is 0 Å². The first kappa shape index (κ1) is 31.3. The zero-order chi connectivity index (χ0) is 26.5. The Morgan fingerprint density at radius 2 is 1.32 bits per heavy atom. The molecule has 2 rings (SSSR count). The van der Waals surface area contributed by atoms with E-state index in [1.54, 1.807) is 6.92 Å². The number of unbranched alkanes of at least 4 members (excludes halogenated alkanes) is 5. The fourth-order valence-electron chi connectivity index (χ4n) is 2.64. The van der Waals surface area contributed by atoms with E-state index in [0.29, 0.717) is 5.56 Å². The predicted molar refractivity (Wildman–Crippen MR) is 119 cm³/mol. The zero-order valence-electron chi connectivity index (χ0n) is 18.9. The Bertz CT molecular complexity index is 911. The molecule has 0 atom stereocenters. The molecule has 0 saturated heterocycles. The molecule has 0 spiro atoms. The number of rotatable bonds is 9. The average molecular weight is 517 g/mol. The van der Waals surface area contributed by atoms with Gasteiger partial charge in [0.25, 0.3) is 0 Å². The van der Waals surface area contributed by atoms with Crippen LogP contribution in [0.1, 0.15) is 71.7 Å². The van der Waals surface area contributed by atoms with Crippen LogP contribution in [0.2, 0.25) is 0 Å². The summed E-state index contributed by atoms with van der Waals surface area (Å²) in [6.45, 7) is 5.06. The number of aromatic carboxylic acids is 2. The van der Waals surface area contributed by atoms with Crippen LogP contribution in [0.5, 0.6) is 0 Å². The van der Waals surface area contributed by atoms with Crippen molar-refractivity contribution in [1.82, 2.24) is 0 Å². The van der Waals surface area contributed by atoms with E-state index in [9.17, 15) is 34.8 Å². The summed E-state index contributed by atoms with van der Waals surface area (Å²) in [4.78, 5) is 21.1. The van der Waals surface area contributed by atoms with E-state index in [0.717, 1.165) is 6.07 Å². The van der Waals surface area contributed by atoms with Crippen LogP contribution in [0.15, 0.2) is 48.8 Å². The minimum absolute atomic E-state index is 0.0111. The quantitative estimate of drug-likeness (QED) is 0.152. The summed E-state index contributed by atoms with van der Waals surface area (Å²) < 4.78 is 61.5. The van der Waals surface area contributed by atoms with Crippen LogP contribution in [0.25, 0.3) is 0 Å². The first-order chi connectivity index (χ1) is 15.4. The van der Waals surface area contributed by atoms with Crippen molar-refractivity contribution in [2.75, 3.05) is 0 Å². The van der Waals surface area contributed by atoms with Gasteiger partial charge in [-0.05, 0) is 31.0 Å². The number of pyridine rings is 1. The molecule has 0 unspecified atom stereocenters. The van der Waals surface area contributed by atoms with Crippen molar-refractivity contribution < 1.29 is 49.6 Å². The molecule has 0 aliphatic carbocycles. The topological polar surface area (TPSA) is 78.5 Å². The molecular weight excluding hydrogens is 487 g/mol. The van der Waals surface area contributed by atoms with Gasteiger partial charge in [-0.15, -0.1) is 0 Å². The fraction of sp³-hybridized carbons (Fsp3) is 0.409. The molecule has 0 fully saturated rings. The van der Waals surface area contributed by atoms with Gasteiger partial charge in [-0.25, -0.2) is 14.2 Å². The monoisotopic (exact) mass is 517 g/mol. The molecule has 0 amide bonds. The van der Waals surface area contributed by atoms with E-state index in [1.807, 2.05) is 0 Å². The van der Waals surface area contributed by atoms with Gasteiger partial charge in [0.15, 0.2) is 12.4 Å². The number of hydrogen-bond donors (Lipinski definition) is 2. The number of carboxylic acid groups (broad SMARTS) is 2. The minimum atomic E-state index is -10.7. The molecular formula is C22H30F6NO4P. The first-order valence-electron chi connectivity index (χ1n) is 10.5. The Morgan fingerprint density at radius 1 is 0.824 bits per heavy atom. The Morgan fingerprint density at radius 3 is 1.79 bits per heavy atom. The normalized spacial score (nSPS) is 12.7. The van der Waals surface area contributed by atoms with Crippen molar-refractivity contribution in [2.24, 2.45) is 0 Å². The third-order valence-electron chi connectivity index (χ3n) is 4.26. The zero-order valence-corrected chi connectivity index (χ0v) is 19.8. The molecule has 0 aliphatic heterocycles. The molecule has 1 aromatic heterocycles. The maximum absolute atomic E-state index is 10.7. The Kier molecular flexibility index (Phi) is 11.7. The van der Waals surface area contributed by atoms with Gasteiger partial charge in [0, 0.05) is 18.6 Å². The molecule has 2 aromatic rings. The average Bonchev–Trinajstić information content (AvgIpc) is 2.69. The van der Waals surface area contributed by atoms with Crippen LogP contribution in [0, 0.1) is 6.92 Å². The molecule has 1 heterocycles. The third kappa shape index (κ3) is 20.0. The van der Waals surface area contributed by atoms with Gasteiger partial charge in [0.2, 0.25) is 0 Å². The van der Waals surface area contributed by atoms with Crippen LogP contribution in [0.4, 0.5) is 25.2 Å². The summed E-state index contributed by atoms with van der Waals surface area (Å²) in [5, 5.41) is 17.3. The second kappa shape index (κ2) is 12.7. The number of hydrogen-bond acceptors (Lipinski definition) is 2. The van der Waals surface area contributed by atoms with Crippen LogP contribution in [0.3, 0.4) is 0 Å². The van der Waals surface area contributed by atoms with E-state index in [1.165, 1.54) is 57.2 Å². The van der Waals surface area contributed by atoms with Crippen molar-refractivity contribution in [1.29, 1.82) is 0 Å². The Balaban J connectivity index is 0.000000509. The number of aryl methyl sites for hydroxylation is 2. The second-order valence-electron chi connectivity index (χ2n) is 7.48. The van der Waals surface area contributed by atoms with Gasteiger partial charge < -0.3 is 10.2 Å². The molecule has 0 saturated carbocycles. The maximum atomic E-state index is 10.6. The number of carbonyl (C=O) groups is 2. The van der Waals surface area contributed by atoms with Crippen molar-refractivity contribution in [2.45, 2.75) is 58.9 Å².